The predicted molar refractivity (Wildman–Crippen MR) is 113 cm³/mol. The van der Waals surface area contributed by atoms with Crippen molar-refractivity contribution >= 4 is 5.91 Å². The molecule has 5 nitrogen and oxygen atoms in total. The van der Waals surface area contributed by atoms with Gasteiger partial charge in [-0.25, -0.2) is 0 Å². The summed E-state index contributed by atoms with van der Waals surface area (Å²) >= 11 is 0. The van der Waals surface area contributed by atoms with E-state index in [1.807, 2.05) is 60.7 Å². The van der Waals surface area contributed by atoms with Crippen molar-refractivity contribution in [1.29, 1.82) is 0 Å². The number of aliphatic hydroxyl groups excluding tert-OH is 1. The molecular weight excluding hydrogens is 378 g/mol. The molecule has 0 aliphatic carbocycles. The Balaban J connectivity index is 1.49. The van der Waals surface area contributed by atoms with Crippen LogP contribution in [0.15, 0.2) is 78.9 Å². The van der Waals surface area contributed by atoms with E-state index >= 15 is 0 Å². The maximum atomic E-state index is 13.0. The van der Waals surface area contributed by atoms with E-state index in [9.17, 15) is 9.90 Å². The van der Waals surface area contributed by atoms with Crippen LogP contribution in [-0.4, -0.2) is 35.1 Å². The van der Waals surface area contributed by atoms with Crippen molar-refractivity contribution in [1.82, 2.24) is 4.90 Å². The number of nitrogens with zero attached hydrogens (tertiary/aromatic N) is 1. The van der Waals surface area contributed by atoms with Crippen LogP contribution in [0.5, 0.6) is 11.5 Å². The number of piperidine rings is 1. The molecule has 3 aromatic carbocycles. The highest BCUT2D eigenvalue weighted by Gasteiger charge is 2.45. The van der Waals surface area contributed by atoms with Crippen LogP contribution in [0.1, 0.15) is 34.3 Å². The minimum Gasteiger partial charge on any atom is -0.440 e. The summed E-state index contributed by atoms with van der Waals surface area (Å²) in [6, 6.07) is 25.0. The molecular formula is C25H23NO4. The highest BCUT2D eigenvalue weighted by Crippen LogP contribution is 2.48. The van der Waals surface area contributed by atoms with E-state index in [1.165, 1.54) is 0 Å². The van der Waals surface area contributed by atoms with Crippen LogP contribution >= 0.6 is 0 Å². The normalized spacial score (nSPS) is 17.7. The highest BCUT2D eigenvalue weighted by atomic mass is 16.7. The van der Waals surface area contributed by atoms with E-state index < -0.39 is 5.79 Å². The first-order valence-corrected chi connectivity index (χ1v) is 10.3. The molecule has 5 rings (SSSR count). The smallest absolute Gasteiger partial charge is 0.305 e. The zero-order chi connectivity index (χ0) is 20.6. The number of amides is 1. The summed E-state index contributed by atoms with van der Waals surface area (Å²) in [5.41, 5.74) is 2.32. The van der Waals surface area contributed by atoms with Crippen LogP contribution in [0.4, 0.5) is 0 Å². The Morgan fingerprint density at radius 3 is 2.00 bits per heavy atom. The van der Waals surface area contributed by atoms with Gasteiger partial charge in [0, 0.05) is 29.8 Å². The van der Waals surface area contributed by atoms with E-state index in [1.54, 1.807) is 23.1 Å². The molecule has 0 saturated carbocycles. The van der Waals surface area contributed by atoms with E-state index in [4.69, 9.17) is 9.47 Å². The number of rotatable bonds is 3. The standard InChI is InChI=1S/C25H23NO4/c27-21-13-15-26(16-14-21)24(28)18-11-12-22-23(17-18)30-25(29-22,19-7-3-1-4-8-19)20-9-5-2-6-10-20/h1-12,17,21,27H,13-16H2. The van der Waals surface area contributed by atoms with E-state index in [-0.39, 0.29) is 12.0 Å². The predicted octanol–water partition coefficient (Wildman–Crippen LogP) is 3.96. The third kappa shape index (κ3) is 3.21. The number of hydrogen-bond acceptors (Lipinski definition) is 4. The van der Waals surface area contributed by atoms with Gasteiger partial charge in [0.1, 0.15) is 0 Å². The van der Waals surface area contributed by atoms with Gasteiger partial charge in [0.2, 0.25) is 0 Å². The van der Waals surface area contributed by atoms with Crippen molar-refractivity contribution in [3.8, 4) is 11.5 Å². The first-order chi connectivity index (χ1) is 14.7. The summed E-state index contributed by atoms with van der Waals surface area (Å²) in [6.07, 6.45) is 0.909. The van der Waals surface area contributed by atoms with Crippen molar-refractivity contribution in [2.45, 2.75) is 24.7 Å². The lowest BCUT2D eigenvalue weighted by atomic mass is 9.97. The molecule has 0 atom stereocenters. The SMILES string of the molecule is O=C(c1ccc2c(c1)OC(c1ccccc1)(c1ccccc1)O2)N1CCC(O)CC1. The number of hydrogen-bond donors (Lipinski definition) is 1. The first kappa shape index (κ1) is 18.7. The first-order valence-electron chi connectivity index (χ1n) is 10.3. The average Bonchev–Trinajstić information content (AvgIpc) is 3.20. The fraction of sp³-hybridized carbons (Fsp3) is 0.240. The molecule has 0 aromatic heterocycles. The van der Waals surface area contributed by atoms with Gasteiger partial charge >= 0.3 is 5.79 Å². The van der Waals surface area contributed by atoms with Crippen molar-refractivity contribution in [2.75, 3.05) is 13.1 Å². The molecule has 2 aliphatic heterocycles. The molecule has 1 saturated heterocycles. The highest BCUT2D eigenvalue weighted by molar-refractivity contribution is 5.95. The number of carbonyl (C=O) groups excluding carboxylic acids is 1. The molecule has 152 valence electrons. The topological polar surface area (TPSA) is 59.0 Å². The summed E-state index contributed by atoms with van der Waals surface area (Å²) in [6.45, 7) is 1.12. The quantitative estimate of drug-likeness (QED) is 0.722. The summed E-state index contributed by atoms with van der Waals surface area (Å²) in [5.74, 6) is 0.00558. The van der Waals surface area contributed by atoms with E-state index in [0.29, 0.717) is 43.0 Å². The molecule has 0 radical (unpaired) electrons. The second-order valence-corrected chi connectivity index (χ2v) is 7.74. The van der Waals surface area contributed by atoms with Crippen molar-refractivity contribution in [3.05, 3.63) is 95.6 Å². The molecule has 1 N–H and O–H groups in total. The lowest BCUT2D eigenvalue weighted by molar-refractivity contribution is -0.0459. The molecule has 2 aliphatic rings. The van der Waals surface area contributed by atoms with Gasteiger partial charge in [0.15, 0.2) is 11.5 Å². The molecule has 1 amide bonds. The third-order valence-corrected chi connectivity index (χ3v) is 5.76. The van der Waals surface area contributed by atoms with Gasteiger partial charge in [-0.05, 0) is 31.0 Å². The average molecular weight is 401 g/mol. The minimum atomic E-state index is -1.10. The van der Waals surface area contributed by atoms with E-state index in [0.717, 1.165) is 11.1 Å². The second kappa shape index (κ2) is 7.50. The minimum absolute atomic E-state index is 0.0507. The number of ether oxygens (including phenoxy) is 2. The lowest BCUT2D eigenvalue weighted by Crippen LogP contribution is -2.40. The molecule has 2 heterocycles. The Hall–Kier alpha value is -3.31. The second-order valence-electron chi connectivity index (χ2n) is 7.74. The fourth-order valence-electron chi connectivity index (χ4n) is 4.10. The van der Waals surface area contributed by atoms with Gasteiger partial charge < -0.3 is 19.5 Å². The Morgan fingerprint density at radius 2 is 1.40 bits per heavy atom. The number of fused-ring (bicyclic) bond motifs is 1. The zero-order valence-corrected chi connectivity index (χ0v) is 16.5. The lowest BCUT2D eigenvalue weighted by Gasteiger charge is -2.29. The van der Waals surface area contributed by atoms with Gasteiger partial charge in [-0.1, -0.05) is 60.7 Å². The number of benzene rings is 3. The van der Waals surface area contributed by atoms with Crippen LogP contribution in [0, 0.1) is 0 Å². The largest absolute Gasteiger partial charge is 0.440 e. The van der Waals surface area contributed by atoms with Crippen LogP contribution in [0.3, 0.4) is 0 Å². The Kier molecular flexibility index (Phi) is 4.68. The van der Waals surface area contributed by atoms with Crippen LogP contribution in [0.25, 0.3) is 0 Å². The summed E-state index contributed by atoms with van der Waals surface area (Å²) in [4.78, 5) is 14.7. The molecule has 1 fully saturated rings. The summed E-state index contributed by atoms with van der Waals surface area (Å²) in [5, 5.41) is 9.71. The molecule has 5 heteroatoms. The third-order valence-electron chi connectivity index (χ3n) is 5.76. The molecule has 30 heavy (non-hydrogen) atoms. The summed E-state index contributed by atoms with van der Waals surface area (Å²) in [7, 11) is 0. The Bertz CT molecular complexity index is 1000. The zero-order valence-electron chi connectivity index (χ0n) is 16.5. The molecule has 0 unspecified atom stereocenters. The van der Waals surface area contributed by atoms with Gasteiger partial charge in [-0.2, -0.15) is 0 Å². The van der Waals surface area contributed by atoms with E-state index in [2.05, 4.69) is 0 Å². The summed E-state index contributed by atoms with van der Waals surface area (Å²) < 4.78 is 12.8. The van der Waals surface area contributed by atoms with Crippen molar-refractivity contribution in [3.63, 3.8) is 0 Å². The molecule has 3 aromatic rings. The Morgan fingerprint density at radius 1 is 0.833 bits per heavy atom. The van der Waals surface area contributed by atoms with Gasteiger partial charge in [0.05, 0.1) is 6.10 Å². The number of aliphatic hydroxyl groups is 1. The fourth-order valence-corrected chi connectivity index (χ4v) is 4.10. The van der Waals surface area contributed by atoms with Gasteiger partial charge in [0.25, 0.3) is 5.91 Å². The maximum Gasteiger partial charge on any atom is 0.305 e. The van der Waals surface area contributed by atoms with Gasteiger partial charge in [-0.15, -0.1) is 0 Å². The van der Waals surface area contributed by atoms with Crippen LogP contribution < -0.4 is 9.47 Å². The van der Waals surface area contributed by atoms with Crippen molar-refractivity contribution < 1.29 is 19.4 Å². The maximum absolute atomic E-state index is 13.0. The number of carbonyl (C=O) groups is 1. The Labute approximate surface area is 175 Å². The molecule has 0 spiro atoms. The van der Waals surface area contributed by atoms with Crippen LogP contribution in [0.2, 0.25) is 0 Å². The van der Waals surface area contributed by atoms with Crippen molar-refractivity contribution in [2.24, 2.45) is 0 Å². The number of likely N-dealkylation sites (tertiary alicyclic amines) is 1. The molecule has 0 bridgehead atoms. The van der Waals surface area contributed by atoms with Gasteiger partial charge in [-0.3, -0.25) is 4.79 Å². The monoisotopic (exact) mass is 401 g/mol. The van der Waals surface area contributed by atoms with Crippen LogP contribution in [-0.2, 0) is 5.79 Å².